The van der Waals surface area contributed by atoms with Crippen LogP contribution in [-0.4, -0.2) is 41.7 Å². The summed E-state index contributed by atoms with van der Waals surface area (Å²) in [5, 5.41) is 0. The maximum absolute atomic E-state index is 6.00. The van der Waals surface area contributed by atoms with Gasteiger partial charge in [-0.15, -0.1) is 0 Å². The predicted octanol–water partition coefficient (Wildman–Crippen LogP) is 8.77. The van der Waals surface area contributed by atoms with Gasteiger partial charge in [0.15, 0.2) is 20.4 Å². The van der Waals surface area contributed by atoms with Crippen LogP contribution in [0.1, 0.15) is 70.1 Å². The van der Waals surface area contributed by atoms with Crippen molar-refractivity contribution < 1.29 is 28.4 Å². The van der Waals surface area contributed by atoms with Crippen LogP contribution >= 0.6 is 0 Å². The Morgan fingerprint density at radius 2 is 1.12 bits per heavy atom. The molecule has 224 valence electrons. The molecule has 0 atom stereocenters. The lowest BCUT2D eigenvalue weighted by Crippen LogP contribution is -2.06. The van der Waals surface area contributed by atoms with Gasteiger partial charge in [-0.25, -0.2) is 0 Å². The highest BCUT2D eigenvalue weighted by Crippen LogP contribution is 2.33. The molecule has 0 bridgehead atoms. The van der Waals surface area contributed by atoms with Crippen molar-refractivity contribution in [1.29, 1.82) is 0 Å². The molecule has 2 aromatic rings. The van der Waals surface area contributed by atoms with E-state index in [9.17, 15) is 0 Å². The van der Waals surface area contributed by atoms with Crippen LogP contribution in [0.3, 0.4) is 0 Å². The highest BCUT2D eigenvalue weighted by atomic mass is 16.7. The molecular formula is C35H48O6. The summed E-state index contributed by atoms with van der Waals surface area (Å²) in [7, 11) is 4.83. The van der Waals surface area contributed by atoms with Crippen molar-refractivity contribution in [3.63, 3.8) is 0 Å². The molecule has 0 saturated heterocycles. The Bertz CT molecular complexity index is 1120. The molecule has 0 aliphatic rings. The summed E-state index contributed by atoms with van der Waals surface area (Å²) in [4.78, 5) is 0. The lowest BCUT2D eigenvalue weighted by molar-refractivity contribution is 0.0448. The molecule has 0 amide bonds. The highest BCUT2D eigenvalue weighted by Gasteiger charge is 2.13. The number of ether oxygens (including phenoxy) is 6. The van der Waals surface area contributed by atoms with Gasteiger partial charge in [0.1, 0.15) is 17.2 Å². The van der Waals surface area contributed by atoms with E-state index in [-0.39, 0.29) is 20.4 Å². The third kappa shape index (κ3) is 13.7. The Balaban J connectivity index is 2.20. The first-order valence-corrected chi connectivity index (χ1v) is 14.1. The third-order valence-electron chi connectivity index (χ3n) is 6.32. The standard InChI is InChI=1S/C35H48O6/c1-27(2)10-8-11-28(3)12-9-13-29(4)14-21-33-34(40-25-37-6)22-31(23-35(33)41-26-38-7)16-15-30-17-19-32(20-18-30)39-24-36-5/h10,12,14-20,22-23H,8-9,11,13,21,24-26H2,1-7H3/b16-15+,28-12+,29-14+. The molecule has 6 heteroatoms. The Morgan fingerprint density at radius 3 is 1.68 bits per heavy atom. The topological polar surface area (TPSA) is 55.4 Å². The van der Waals surface area contributed by atoms with E-state index >= 15 is 0 Å². The molecule has 0 radical (unpaired) electrons. The minimum absolute atomic E-state index is 0.145. The fourth-order valence-electron chi connectivity index (χ4n) is 4.05. The van der Waals surface area contributed by atoms with Crippen LogP contribution in [-0.2, 0) is 20.6 Å². The Morgan fingerprint density at radius 1 is 0.610 bits per heavy atom. The first-order valence-electron chi connectivity index (χ1n) is 14.1. The van der Waals surface area contributed by atoms with Crippen molar-refractivity contribution in [2.45, 2.75) is 59.8 Å². The fraction of sp³-hybridized carbons (Fsp3) is 0.429. The van der Waals surface area contributed by atoms with Crippen LogP contribution in [0.25, 0.3) is 12.2 Å². The molecule has 0 aliphatic heterocycles. The van der Waals surface area contributed by atoms with E-state index in [1.807, 2.05) is 48.6 Å². The van der Waals surface area contributed by atoms with Gasteiger partial charge in [-0.3, -0.25) is 0 Å². The Hall–Kier alpha value is -3.32. The van der Waals surface area contributed by atoms with E-state index in [1.165, 1.54) is 16.7 Å². The smallest absolute Gasteiger partial charge is 0.188 e. The van der Waals surface area contributed by atoms with Gasteiger partial charge in [0.2, 0.25) is 0 Å². The van der Waals surface area contributed by atoms with Crippen molar-refractivity contribution in [3.05, 3.63) is 88.0 Å². The SMILES string of the molecule is COCOc1ccc(/C=C/c2cc(OCOC)c(C/C=C(\C)CC/C=C(\C)CCC=C(C)C)c(OCOC)c2)cc1. The fourth-order valence-corrected chi connectivity index (χ4v) is 4.05. The lowest BCUT2D eigenvalue weighted by atomic mass is 10.0. The van der Waals surface area contributed by atoms with Crippen LogP contribution in [0, 0.1) is 0 Å². The number of benzene rings is 2. The molecule has 0 unspecified atom stereocenters. The van der Waals surface area contributed by atoms with Gasteiger partial charge in [0, 0.05) is 26.9 Å². The van der Waals surface area contributed by atoms with Crippen LogP contribution in [0.5, 0.6) is 17.2 Å². The van der Waals surface area contributed by atoms with Gasteiger partial charge in [-0.2, -0.15) is 0 Å². The van der Waals surface area contributed by atoms with Gasteiger partial charge >= 0.3 is 0 Å². The van der Waals surface area contributed by atoms with Crippen LogP contribution in [0.2, 0.25) is 0 Å². The second-order valence-corrected chi connectivity index (χ2v) is 10.2. The normalized spacial score (nSPS) is 12.1. The average molecular weight is 565 g/mol. The lowest BCUT2D eigenvalue weighted by Gasteiger charge is -2.16. The zero-order valence-electron chi connectivity index (χ0n) is 26.0. The maximum atomic E-state index is 6.00. The highest BCUT2D eigenvalue weighted by molar-refractivity contribution is 5.72. The zero-order valence-corrected chi connectivity index (χ0v) is 26.0. The molecule has 6 nitrogen and oxygen atoms in total. The molecule has 2 aromatic carbocycles. The van der Waals surface area contributed by atoms with E-state index in [2.05, 4.69) is 45.9 Å². The summed E-state index contributed by atoms with van der Waals surface area (Å²) in [6.07, 6.45) is 15.9. The summed E-state index contributed by atoms with van der Waals surface area (Å²) < 4.78 is 32.9. The van der Waals surface area contributed by atoms with Gasteiger partial charge in [0.25, 0.3) is 0 Å². The van der Waals surface area contributed by atoms with E-state index in [0.717, 1.165) is 59.6 Å². The third-order valence-corrected chi connectivity index (χ3v) is 6.32. The van der Waals surface area contributed by atoms with Gasteiger partial charge in [0.05, 0.1) is 0 Å². The maximum Gasteiger partial charge on any atom is 0.188 e. The largest absolute Gasteiger partial charge is 0.468 e. The van der Waals surface area contributed by atoms with Crippen LogP contribution < -0.4 is 14.2 Å². The van der Waals surface area contributed by atoms with E-state index in [0.29, 0.717) is 6.42 Å². The zero-order chi connectivity index (χ0) is 29.9. The minimum atomic E-state index is 0.145. The summed E-state index contributed by atoms with van der Waals surface area (Å²) in [6.45, 7) is 9.21. The van der Waals surface area contributed by atoms with Crippen molar-refractivity contribution in [1.82, 2.24) is 0 Å². The molecule has 0 aromatic heterocycles. The van der Waals surface area contributed by atoms with Crippen molar-refractivity contribution in [3.8, 4) is 17.2 Å². The second-order valence-electron chi connectivity index (χ2n) is 10.2. The average Bonchev–Trinajstić information content (AvgIpc) is 2.96. The molecule has 0 spiro atoms. The van der Waals surface area contributed by atoms with Crippen molar-refractivity contribution in [2.24, 2.45) is 0 Å². The predicted molar refractivity (Wildman–Crippen MR) is 168 cm³/mol. The molecule has 0 saturated carbocycles. The molecule has 0 aliphatic carbocycles. The Labute approximate surface area is 247 Å². The number of hydrogen-bond acceptors (Lipinski definition) is 6. The number of methoxy groups -OCH3 is 3. The van der Waals surface area contributed by atoms with E-state index < -0.39 is 0 Å². The molecule has 0 heterocycles. The minimum Gasteiger partial charge on any atom is -0.468 e. The van der Waals surface area contributed by atoms with Crippen LogP contribution in [0.15, 0.2) is 71.3 Å². The number of hydrogen-bond donors (Lipinski definition) is 0. The first kappa shape index (κ1) is 33.9. The van der Waals surface area contributed by atoms with E-state index in [4.69, 9.17) is 28.4 Å². The summed E-state index contributed by atoms with van der Waals surface area (Å²) in [5.41, 5.74) is 7.10. The van der Waals surface area contributed by atoms with Crippen molar-refractivity contribution >= 4 is 12.2 Å². The monoisotopic (exact) mass is 564 g/mol. The van der Waals surface area contributed by atoms with Gasteiger partial charge in [-0.05, 0) is 95.2 Å². The Kier molecular flexibility index (Phi) is 16.3. The molecule has 2 rings (SSSR count). The quantitative estimate of drug-likeness (QED) is 0.0966. The number of allylic oxidation sites excluding steroid dienone is 6. The van der Waals surface area contributed by atoms with Crippen molar-refractivity contribution in [2.75, 3.05) is 41.7 Å². The molecule has 41 heavy (non-hydrogen) atoms. The summed E-state index contributed by atoms with van der Waals surface area (Å²) in [5.74, 6) is 2.21. The summed E-state index contributed by atoms with van der Waals surface area (Å²) in [6, 6.07) is 11.9. The molecular weight excluding hydrogens is 516 g/mol. The second kappa shape index (κ2) is 19.7. The summed E-state index contributed by atoms with van der Waals surface area (Å²) >= 11 is 0. The van der Waals surface area contributed by atoms with Gasteiger partial charge in [-0.1, -0.05) is 59.2 Å². The number of rotatable bonds is 19. The van der Waals surface area contributed by atoms with Crippen LogP contribution in [0.4, 0.5) is 0 Å². The molecule has 0 fully saturated rings. The molecule has 0 N–H and O–H groups in total. The first-order chi connectivity index (χ1) is 19.9. The van der Waals surface area contributed by atoms with E-state index in [1.54, 1.807) is 21.3 Å². The van der Waals surface area contributed by atoms with Gasteiger partial charge < -0.3 is 28.4 Å².